The zero-order chi connectivity index (χ0) is 21.0. The molecule has 4 aliphatic carbocycles. The highest BCUT2D eigenvalue weighted by atomic mass is 35.5. The third kappa shape index (κ3) is 3.58. The number of halogens is 1. The van der Waals surface area contributed by atoms with E-state index in [0.717, 1.165) is 32.1 Å². The molecule has 9 nitrogen and oxygen atoms in total. The van der Waals surface area contributed by atoms with E-state index in [0.29, 0.717) is 25.4 Å². The molecule has 2 unspecified atom stereocenters. The zero-order valence-electron chi connectivity index (χ0n) is 16.5. The van der Waals surface area contributed by atoms with E-state index >= 15 is 0 Å². The summed E-state index contributed by atoms with van der Waals surface area (Å²) in [7, 11) is 0. The fourth-order valence-electron chi connectivity index (χ4n) is 6.23. The predicted octanol–water partition coefficient (Wildman–Crippen LogP) is 3.21. The Morgan fingerprint density at radius 2 is 2.10 bits per heavy atom. The minimum Gasteiger partial charge on any atom is -0.446 e. The SMILES string of the molecule is O=C(O[C@H]1C2CC3CC1C[C@](O)(C3)C2)N1CC[C@@H](Nc2ncc(Cl)cc2[N+](=O)[O-])C1. The normalized spacial score (nSPS) is 36.7. The number of aromatic nitrogens is 1. The molecule has 0 radical (unpaired) electrons. The number of carbonyl (C=O) groups excluding carboxylic acids is 1. The van der Waals surface area contributed by atoms with Crippen LogP contribution in [0.25, 0.3) is 0 Å². The van der Waals surface area contributed by atoms with E-state index in [1.165, 1.54) is 12.3 Å². The van der Waals surface area contributed by atoms with Crippen molar-refractivity contribution in [1.82, 2.24) is 9.88 Å². The number of carbonyl (C=O) groups is 1. The van der Waals surface area contributed by atoms with E-state index in [1.807, 2.05) is 0 Å². The lowest BCUT2D eigenvalue weighted by Gasteiger charge is -2.57. The molecule has 6 rings (SSSR count). The molecule has 1 aliphatic heterocycles. The highest BCUT2D eigenvalue weighted by molar-refractivity contribution is 6.30. The number of pyridine rings is 1. The zero-order valence-corrected chi connectivity index (χ0v) is 17.3. The molecule has 162 valence electrons. The van der Waals surface area contributed by atoms with Gasteiger partial charge in [0.25, 0.3) is 0 Å². The van der Waals surface area contributed by atoms with E-state index in [9.17, 15) is 20.0 Å². The molecule has 30 heavy (non-hydrogen) atoms. The Balaban J connectivity index is 1.20. The largest absolute Gasteiger partial charge is 0.446 e. The molecule has 4 bridgehead atoms. The Bertz CT molecular complexity index is 867. The van der Waals surface area contributed by atoms with Crippen LogP contribution in [0, 0.1) is 27.9 Å². The summed E-state index contributed by atoms with van der Waals surface area (Å²) in [6, 6.07) is 1.11. The van der Waals surface area contributed by atoms with Gasteiger partial charge in [0.2, 0.25) is 5.82 Å². The summed E-state index contributed by atoms with van der Waals surface area (Å²) in [5.41, 5.74) is -0.738. The maximum absolute atomic E-state index is 12.8. The lowest BCUT2D eigenvalue weighted by Crippen LogP contribution is -2.58. The van der Waals surface area contributed by atoms with Gasteiger partial charge in [0.15, 0.2) is 0 Å². The third-order valence-corrected chi connectivity index (χ3v) is 7.42. The Morgan fingerprint density at radius 1 is 1.37 bits per heavy atom. The minimum absolute atomic E-state index is 0.111. The number of hydrogen-bond donors (Lipinski definition) is 2. The number of likely N-dealkylation sites (tertiary alicyclic amines) is 1. The summed E-state index contributed by atoms with van der Waals surface area (Å²) in [6.07, 6.45) is 5.99. The number of aliphatic hydroxyl groups is 1. The molecule has 3 atom stereocenters. The molecule has 2 heterocycles. The summed E-state index contributed by atoms with van der Waals surface area (Å²) in [6.45, 7) is 0.918. The van der Waals surface area contributed by atoms with E-state index in [-0.39, 0.29) is 46.6 Å². The van der Waals surface area contributed by atoms with Crippen LogP contribution in [0.2, 0.25) is 5.02 Å². The number of nitro groups is 1. The fourth-order valence-corrected chi connectivity index (χ4v) is 6.39. The Kier molecular flexibility index (Phi) is 4.77. The van der Waals surface area contributed by atoms with Gasteiger partial charge in [-0.25, -0.2) is 9.78 Å². The molecule has 1 amide bonds. The number of hydrogen-bond acceptors (Lipinski definition) is 7. The van der Waals surface area contributed by atoms with Gasteiger partial charge in [-0.1, -0.05) is 11.6 Å². The van der Waals surface area contributed by atoms with Gasteiger partial charge in [-0.15, -0.1) is 0 Å². The van der Waals surface area contributed by atoms with Crippen LogP contribution in [0.1, 0.15) is 38.5 Å². The first-order valence-electron chi connectivity index (χ1n) is 10.5. The van der Waals surface area contributed by atoms with Crippen LogP contribution >= 0.6 is 11.6 Å². The summed E-state index contributed by atoms with van der Waals surface area (Å²) >= 11 is 5.82. The number of nitrogens with one attached hydrogen (secondary N) is 1. The summed E-state index contributed by atoms with van der Waals surface area (Å²) in [5.74, 6) is 1.22. The van der Waals surface area contributed by atoms with Gasteiger partial charge in [-0.3, -0.25) is 10.1 Å². The molecule has 10 heteroatoms. The second-order valence-electron chi connectivity index (χ2n) is 9.40. The summed E-state index contributed by atoms with van der Waals surface area (Å²) in [4.78, 5) is 29.2. The molecule has 0 spiro atoms. The second-order valence-corrected chi connectivity index (χ2v) is 9.83. The van der Waals surface area contributed by atoms with Gasteiger partial charge in [-0.2, -0.15) is 0 Å². The molecule has 5 aliphatic rings. The quantitative estimate of drug-likeness (QED) is 0.549. The smallest absolute Gasteiger partial charge is 0.410 e. The van der Waals surface area contributed by atoms with Gasteiger partial charge in [0, 0.05) is 31.4 Å². The van der Waals surface area contributed by atoms with Crippen LogP contribution in [0.15, 0.2) is 12.3 Å². The van der Waals surface area contributed by atoms with Gasteiger partial charge in [0.1, 0.15) is 6.10 Å². The maximum atomic E-state index is 12.8. The minimum atomic E-state index is -0.553. The lowest BCUT2D eigenvalue weighted by atomic mass is 9.53. The van der Waals surface area contributed by atoms with Gasteiger partial charge >= 0.3 is 11.8 Å². The molecule has 0 aromatic carbocycles. The summed E-state index contributed by atoms with van der Waals surface area (Å²) in [5, 5.41) is 25.2. The fraction of sp³-hybridized carbons (Fsp3) is 0.700. The average Bonchev–Trinajstić information content (AvgIpc) is 3.13. The van der Waals surface area contributed by atoms with Crippen LogP contribution < -0.4 is 5.32 Å². The molecule has 1 saturated heterocycles. The lowest BCUT2D eigenvalue weighted by molar-refractivity contribution is -0.384. The molecular formula is C20H25ClN4O5. The van der Waals surface area contributed by atoms with Crippen molar-refractivity contribution in [3.63, 3.8) is 0 Å². The van der Waals surface area contributed by atoms with Crippen molar-refractivity contribution < 1.29 is 19.6 Å². The second kappa shape index (κ2) is 7.23. The van der Waals surface area contributed by atoms with Crippen molar-refractivity contribution in [1.29, 1.82) is 0 Å². The predicted molar refractivity (Wildman–Crippen MR) is 108 cm³/mol. The van der Waals surface area contributed by atoms with E-state index < -0.39 is 10.5 Å². The molecule has 4 saturated carbocycles. The summed E-state index contributed by atoms with van der Waals surface area (Å²) < 4.78 is 5.94. The van der Waals surface area contributed by atoms with Crippen LogP contribution in [-0.2, 0) is 4.74 Å². The van der Waals surface area contributed by atoms with Crippen molar-refractivity contribution in [2.75, 3.05) is 18.4 Å². The number of rotatable bonds is 4. The molecular weight excluding hydrogens is 412 g/mol. The van der Waals surface area contributed by atoms with Crippen molar-refractivity contribution in [3.05, 3.63) is 27.4 Å². The van der Waals surface area contributed by atoms with Crippen molar-refractivity contribution >= 4 is 29.2 Å². The first-order chi connectivity index (χ1) is 14.3. The van der Waals surface area contributed by atoms with E-state index in [1.54, 1.807) is 4.90 Å². The Labute approximate surface area is 178 Å². The Morgan fingerprint density at radius 3 is 2.77 bits per heavy atom. The molecule has 5 fully saturated rings. The van der Waals surface area contributed by atoms with E-state index in [2.05, 4.69) is 10.3 Å². The number of ether oxygens (including phenoxy) is 1. The van der Waals surface area contributed by atoms with Gasteiger partial charge < -0.3 is 20.1 Å². The maximum Gasteiger partial charge on any atom is 0.410 e. The van der Waals surface area contributed by atoms with Gasteiger partial charge in [-0.05, 0) is 56.3 Å². The standard InChI is InChI=1S/C20H25ClN4O5/c21-14-5-16(25(28)29)18(22-9-14)23-15-1-2-24(10-15)19(26)30-17-12-3-11-4-13(17)8-20(27,6-11)7-12/h5,9,11-13,15,17,27H,1-4,6-8,10H2,(H,22,23)/t11?,12?,13?,15-,17-,20-/m1/s1. The molecule has 1 aromatic heterocycles. The molecule has 2 N–H and O–H groups in total. The van der Waals surface area contributed by atoms with Crippen molar-refractivity contribution in [3.8, 4) is 0 Å². The monoisotopic (exact) mass is 436 g/mol. The van der Waals surface area contributed by atoms with E-state index in [4.69, 9.17) is 16.3 Å². The van der Waals surface area contributed by atoms with Gasteiger partial charge in [0.05, 0.1) is 15.5 Å². The number of nitrogens with zero attached hydrogens (tertiary/aromatic N) is 3. The van der Waals surface area contributed by atoms with Crippen LogP contribution in [0.5, 0.6) is 0 Å². The average molecular weight is 437 g/mol. The first-order valence-corrected chi connectivity index (χ1v) is 10.9. The van der Waals surface area contributed by atoms with Crippen LogP contribution in [0.4, 0.5) is 16.3 Å². The van der Waals surface area contributed by atoms with Crippen LogP contribution in [0.3, 0.4) is 0 Å². The van der Waals surface area contributed by atoms with Crippen molar-refractivity contribution in [2.24, 2.45) is 17.8 Å². The topological polar surface area (TPSA) is 118 Å². The number of amides is 1. The third-order valence-electron chi connectivity index (χ3n) is 7.21. The Hall–Kier alpha value is -2.13. The number of anilines is 1. The first kappa shape index (κ1) is 19.8. The van der Waals surface area contributed by atoms with Crippen molar-refractivity contribution in [2.45, 2.75) is 56.3 Å². The highest BCUT2D eigenvalue weighted by Gasteiger charge is 2.56. The molecule has 1 aromatic rings. The van der Waals surface area contributed by atoms with Crippen LogP contribution in [-0.4, -0.2) is 56.8 Å². The highest BCUT2D eigenvalue weighted by Crippen LogP contribution is 2.56.